The number of nitriles is 1. The SMILES string of the molecule is N#CC1(C(=O)NCCOCC(F)(F)F)CCOCC1. The lowest BCUT2D eigenvalue weighted by Gasteiger charge is -2.29. The quantitative estimate of drug-likeness (QED) is 0.763. The molecule has 0 aromatic rings. The molecular formula is C11H15F3N2O3. The Kier molecular flexibility index (Phi) is 5.57. The van der Waals surface area contributed by atoms with E-state index in [9.17, 15) is 18.0 Å². The van der Waals surface area contributed by atoms with E-state index >= 15 is 0 Å². The van der Waals surface area contributed by atoms with Gasteiger partial charge in [-0.15, -0.1) is 0 Å². The number of alkyl halides is 3. The number of nitrogens with zero attached hydrogens (tertiary/aromatic N) is 1. The summed E-state index contributed by atoms with van der Waals surface area (Å²) in [5.74, 6) is -0.478. The van der Waals surface area contributed by atoms with Crippen molar-refractivity contribution in [1.82, 2.24) is 5.32 Å². The van der Waals surface area contributed by atoms with Gasteiger partial charge in [0, 0.05) is 19.8 Å². The van der Waals surface area contributed by atoms with Gasteiger partial charge in [-0.2, -0.15) is 18.4 Å². The number of nitrogens with one attached hydrogen (secondary N) is 1. The molecule has 1 amide bonds. The van der Waals surface area contributed by atoms with E-state index in [1.165, 1.54) is 0 Å². The van der Waals surface area contributed by atoms with Crippen LogP contribution < -0.4 is 5.32 Å². The van der Waals surface area contributed by atoms with Gasteiger partial charge in [-0.05, 0) is 12.8 Å². The van der Waals surface area contributed by atoms with Crippen LogP contribution in [0, 0.1) is 16.7 Å². The highest BCUT2D eigenvalue weighted by Crippen LogP contribution is 2.29. The number of rotatable bonds is 5. The molecule has 1 heterocycles. The van der Waals surface area contributed by atoms with Crippen LogP contribution >= 0.6 is 0 Å². The van der Waals surface area contributed by atoms with Crippen LogP contribution in [0.5, 0.6) is 0 Å². The monoisotopic (exact) mass is 280 g/mol. The van der Waals surface area contributed by atoms with Gasteiger partial charge in [-0.25, -0.2) is 0 Å². The van der Waals surface area contributed by atoms with Crippen LogP contribution in [0.25, 0.3) is 0 Å². The molecule has 1 saturated heterocycles. The number of amides is 1. The van der Waals surface area contributed by atoms with E-state index in [-0.39, 0.29) is 13.2 Å². The highest BCUT2D eigenvalue weighted by Gasteiger charge is 2.40. The maximum atomic E-state index is 11.8. The molecule has 0 spiro atoms. The molecule has 0 aliphatic carbocycles. The minimum atomic E-state index is -4.38. The molecule has 1 aliphatic heterocycles. The van der Waals surface area contributed by atoms with E-state index < -0.39 is 24.1 Å². The average molecular weight is 280 g/mol. The molecule has 1 fully saturated rings. The Morgan fingerprint density at radius 1 is 1.42 bits per heavy atom. The predicted molar refractivity (Wildman–Crippen MR) is 58.0 cm³/mol. The smallest absolute Gasteiger partial charge is 0.381 e. The molecule has 1 aliphatic rings. The average Bonchev–Trinajstić information content (AvgIpc) is 2.37. The lowest BCUT2D eigenvalue weighted by molar-refractivity contribution is -0.173. The highest BCUT2D eigenvalue weighted by molar-refractivity contribution is 5.85. The number of hydrogen-bond acceptors (Lipinski definition) is 4. The molecule has 0 aromatic heterocycles. The van der Waals surface area contributed by atoms with Crippen LogP contribution in [0.3, 0.4) is 0 Å². The van der Waals surface area contributed by atoms with Crippen LogP contribution in [0.1, 0.15) is 12.8 Å². The molecule has 8 heteroatoms. The second-order valence-electron chi connectivity index (χ2n) is 4.23. The molecular weight excluding hydrogens is 265 g/mol. The van der Waals surface area contributed by atoms with Gasteiger partial charge in [0.1, 0.15) is 12.0 Å². The van der Waals surface area contributed by atoms with Crippen LogP contribution in [-0.4, -0.2) is 45.1 Å². The van der Waals surface area contributed by atoms with Gasteiger partial charge in [-0.3, -0.25) is 4.79 Å². The second-order valence-corrected chi connectivity index (χ2v) is 4.23. The summed E-state index contributed by atoms with van der Waals surface area (Å²) in [6.07, 6.45) is -3.80. The molecule has 1 rings (SSSR count). The number of carbonyl (C=O) groups is 1. The Morgan fingerprint density at radius 3 is 2.58 bits per heavy atom. The minimum Gasteiger partial charge on any atom is -0.381 e. The van der Waals surface area contributed by atoms with Gasteiger partial charge < -0.3 is 14.8 Å². The molecule has 19 heavy (non-hydrogen) atoms. The van der Waals surface area contributed by atoms with Gasteiger partial charge in [0.05, 0.1) is 12.7 Å². The van der Waals surface area contributed by atoms with E-state index in [1.807, 2.05) is 6.07 Å². The Balaban J connectivity index is 2.28. The number of ether oxygens (including phenoxy) is 2. The van der Waals surface area contributed by atoms with Crippen molar-refractivity contribution in [3.63, 3.8) is 0 Å². The molecule has 0 saturated carbocycles. The summed E-state index contributed by atoms with van der Waals surface area (Å²) in [5, 5.41) is 11.5. The first kappa shape index (κ1) is 15.7. The molecule has 0 bridgehead atoms. The van der Waals surface area contributed by atoms with E-state index in [0.717, 1.165) is 0 Å². The summed E-state index contributed by atoms with van der Waals surface area (Å²) in [5.41, 5.74) is -1.14. The van der Waals surface area contributed by atoms with E-state index in [2.05, 4.69) is 10.1 Å². The van der Waals surface area contributed by atoms with Crippen molar-refractivity contribution in [3.05, 3.63) is 0 Å². The molecule has 0 atom stereocenters. The molecule has 1 N–H and O–H groups in total. The van der Waals surface area contributed by atoms with Gasteiger partial charge >= 0.3 is 6.18 Å². The fourth-order valence-corrected chi connectivity index (χ4v) is 1.70. The van der Waals surface area contributed by atoms with Gasteiger partial charge in [0.2, 0.25) is 5.91 Å². The fourth-order valence-electron chi connectivity index (χ4n) is 1.70. The molecule has 0 unspecified atom stereocenters. The first-order chi connectivity index (χ1) is 8.90. The number of carbonyl (C=O) groups excluding carboxylic acids is 1. The topological polar surface area (TPSA) is 71.4 Å². The maximum absolute atomic E-state index is 11.8. The van der Waals surface area contributed by atoms with Crippen molar-refractivity contribution < 1.29 is 27.4 Å². The zero-order valence-corrected chi connectivity index (χ0v) is 10.3. The second kappa shape index (κ2) is 6.73. The lowest BCUT2D eigenvalue weighted by atomic mass is 9.81. The van der Waals surface area contributed by atoms with Gasteiger partial charge in [0.25, 0.3) is 0 Å². The van der Waals surface area contributed by atoms with Crippen molar-refractivity contribution in [3.8, 4) is 6.07 Å². The fraction of sp³-hybridized carbons (Fsp3) is 0.818. The summed E-state index contributed by atoms with van der Waals surface area (Å²) in [7, 11) is 0. The largest absolute Gasteiger partial charge is 0.411 e. The normalized spacial score (nSPS) is 18.6. The van der Waals surface area contributed by atoms with E-state index in [1.54, 1.807) is 0 Å². The predicted octanol–water partition coefficient (Wildman–Crippen LogP) is 1.00. The van der Waals surface area contributed by atoms with Gasteiger partial charge in [0.15, 0.2) is 0 Å². The van der Waals surface area contributed by atoms with Crippen LogP contribution in [0.2, 0.25) is 0 Å². The van der Waals surface area contributed by atoms with Crippen LogP contribution in [-0.2, 0) is 14.3 Å². The minimum absolute atomic E-state index is 0.0563. The van der Waals surface area contributed by atoms with Crippen molar-refractivity contribution in [1.29, 1.82) is 5.26 Å². The van der Waals surface area contributed by atoms with Crippen LogP contribution in [0.15, 0.2) is 0 Å². The standard InChI is InChI=1S/C11H15F3N2O3/c12-11(13,14)8-19-6-3-16-9(17)10(7-15)1-4-18-5-2-10/h1-6,8H2,(H,16,17). The molecule has 0 radical (unpaired) electrons. The summed E-state index contributed by atoms with van der Waals surface area (Å²) in [6, 6.07) is 1.97. The third kappa shape index (κ3) is 5.04. The Hall–Kier alpha value is -1.33. The summed E-state index contributed by atoms with van der Waals surface area (Å²) in [6.45, 7) is -1.00. The summed E-state index contributed by atoms with van der Waals surface area (Å²) < 4.78 is 44.8. The van der Waals surface area contributed by atoms with E-state index in [4.69, 9.17) is 10.00 Å². The number of halogens is 3. The van der Waals surface area contributed by atoms with Crippen molar-refractivity contribution in [2.75, 3.05) is 33.0 Å². The molecule has 0 aromatic carbocycles. The highest BCUT2D eigenvalue weighted by atomic mass is 19.4. The Labute approximate surface area is 108 Å². The van der Waals surface area contributed by atoms with Crippen molar-refractivity contribution in [2.45, 2.75) is 19.0 Å². The van der Waals surface area contributed by atoms with Crippen LogP contribution in [0.4, 0.5) is 13.2 Å². The van der Waals surface area contributed by atoms with E-state index in [0.29, 0.717) is 26.1 Å². The maximum Gasteiger partial charge on any atom is 0.411 e. The first-order valence-corrected chi connectivity index (χ1v) is 5.81. The Morgan fingerprint density at radius 2 is 2.05 bits per heavy atom. The van der Waals surface area contributed by atoms with Crippen molar-refractivity contribution in [2.24, 2.45) is 5.41 Å². The first-order valence-electron chi connectivity index (χ1n) is 5.81. The van der Waals surface area contributed by atoms with Crippen molar-refractivity contribution >= 4 is 5.91 Å². The number of hydrogen-bond donors (Lipinski definition) is 1. The zero-order valence-electron chi connectivity index (χ0n) is 10.3. The third-order valence-electron chi connectivity index (χ3n) is 2.79. The Bertz CT molecular complexity index is 346. The molecule has 5 nitrogen and oxygen atoms in total. The summed E-state index contributed by atoms with van der Waals surface area (Å²) in [4.78, 5) is 11.8. The third-order valence-corrected chi connectivity index (χ3v) is 2.79. The lowest BCUT2D eigenvalue weighted by Crippen LogP contribution is -2.44. The summed E-state index contributed by atoms with van der Waals surface area (Å²) >= 11 is 0. The zero-order chi connectivity index (χ0) is 14.4. The van der Waals surface area contributed by atoms with Gasteiger partial charge in [-0.1, -0.05) is 0 Å². The molecule has 108 valence electrons.